The summed E-state index contributed by atoms with van der Waals surface area (Å²) in [5.41, 5.74) is 1.26. The molecule has 2 aliphatic heterocycles. The standard InChI is InChI=1S/C21H21BrN2O4/c1-27-19-13-15(5-7-18(19)28-11-10-23-8-2-3-9-23)24-20(25)16-6-4-14(22)12-17(16)21(24)26/h4-7,12-13H,2-3,8-11H2,1H3. The van der Waals surface area contributed by atoms with Gasteiger partial charge in [-0.05, 0) is 56.3 Å². The van der Waals surface area contributed by atoms with Gasteiger partial charge in [0.15, 0.2) is 11.5 Å². The van der Waals surface area contributed by atoms with Crippen molar-refractivity contribution in [2.24, 2.45) is 0 Å². The van der Waals surface area contributed by atoms with Gasteiger partial charge in [-0.25, -0.2) is 4.90 Å². The zero-order valence-electron chi connectivity index (χ0n) is 15.6. The molecule has 0 spiro atoms. The van der Waals surface area contributed by atoms with Crippen molar-refractivity contribution >= 4 is 33.4 Å². The molecule has 0 aromatic heterocycles. The van der Waals surface area contributed by atoms with E-state index in [-0.39, 0.29) is 11.8 Å². The lowest BCUT2D eigenvalue weighted by molar-refractivity contribution is 0.0926. The van der Waals surface area contributed by atoms with E-state index in [9.17, 15) is 9.59 Å². The van der Waals surface area contributed by atoms with E-state index in [0.717, 1.165) is 24.1 Å². The number of rotatable bonds is 6. The van der Waals surface area contributed by atoms with Gasteiger partial charge in [0.2, 0.25) is 0 Å². The summed E-state index contributed by atoms with van der Waals surface area (Å²) < 4.78 is 12.1. The number of anilines is 1. The van der Waals surface area contributed by atoms with E-state index in [0.29, 0.717) is 34.9 Å². The maximum Gasteiger partial charge on any atom is 0.266 e. The zero-order chi connectivity index (χ0) is 19.7. The second-order valence-corrected chi connectivity index (χ2v) is 7.78. The number of likely N-dealkylation sites (tertiary alicyclic amines) is 1. The summed E-state index contributed by atoms with van der Waals surface area (Å²) in [4.78, 5) is 29.1. The fourth-order valence-electron chi connectivity index (χ4n) is 3.65. The predicted molar refractivity (Wildman–Crippen MR) is 109 cm³/mol. The fraction of sp³-hybridized carbons (Fsp3) is 0.333. The number of halogens is 1. The number of carbonyl (C=O) groups excluding carboxylic acids is 2. The molecule has 0 aliphatic carbocycles. The molecule has 1 fully saturated rings. The van der Waals surface area contributed by atoms with Gasteiger partial charge in [-0.1, -0.05) is 15.9 Å². The van der Waals surface area contributed by atoms with Crippen molar-refractivity contribution in [3.63, 3.8) is 0 Å². The number of fused-ring (bicyclic) bond motifs is 1. The van der Waals surface area contributed by atoms with E-state index in [1.54, 1.807) is 43.5 Å². The van der Waals surface area contributed by atoms with Gasteiger partial charge in [-0.15, -0.1) is 0 Å². The highest BCUT2D eigenvalue weighted by Crippen LogP contribution is 2.36. The molecular weight excluding hydrogens is 424 g/mol. The first-order valence-electron chi connectivity index (χ1n) is 9.30. The first-order chi connectivity index (χ1) is 13.6. The monoisotopic (exact) mass is 444 g/mol. The average molecular weight is 445 g/mol. The van der Waals surface area contributed by atoms with Crippen molar-refractivity contribution in [3.8, 4) is 11.5 Å². The number of ether oxygens (including phenoxy) is 2. The highest BCUT2D eigenvalue weighted by Gasteiger charge is 2.37. The molecule has 7 heteroatoms. The molecule has 2 amide bonds. The summed E-state index contributed by atoms with van der Waals surface area (Å²) in [5, 5.41) is 0. The summed E-state index contributed by atoms with van der Waals surface area (Å²) in [6.45, 7) is 3.68. The van der Waals surface area contributed by atoms with Crippen molar-refractivity contribution in [1.82, 2.24) is 4.90 Å². The van der Waals surface area contributed by atoms with Crippen LogP contribution in [-0.2, 0) is 0 Å². The van der Waals surface area contributed by atoms with Gasteiger partial charge in [0.25, 0.3) is 11.8 Å². The van der Waals surface area contributed by atoms with Gasteiger partial charge in [0.05, 0.1) is 23.9 Å². The Morgan fingerprint density at radius 3 is 2.46 bits per heavy atom. The van der Waals surface area contributed by atoms with Gasteiger partial charge in [-0.3, -0.25) is 14.5 Å². The van der Waals surface area contributed by atoms with Crippen LogP contribution in [0.5, 0.6) is 11.5 Å². The molecule has 0 N–H and O–H groups in total. The summed E-state index contributed by atoms with van der Waals surface area (Å²) in [5.74, 6) is 0.421. The van der Waals surface area contributed by atoms with Crippen molar-refractivity contribution in [3.05, 3.63) is 52.0 Å². The van der Waals surface area contributed by atoms with Gasteiger partial charge >= 0.3 is 0 Å². The normalized spacial score (nSPS) is 16.6. The van der Waals surface area contributed by atoms with E-state index in [1.807, 2.05) is 0 Å². The smallest absolute Gasteiger partial charge is 0.266 e. The van der Waals surface area contributed by atoms with Gasteiger partial charge in [0.1, 0.15) is 6.61 Å². The number of imide groups is 1. The molecule has 0 unspecified atom stereocenters. The fourth-order valence-corrected chi connectivity index (χ4v) is 4.01. The first-order valence-corrected chi connectivity index (χ1v) is 10.1. The van der Waals surface area contributed by atoms with Crippen LogP contribution in [0.1, 0.15) is 33.6 Å². The Morgan fingerprint density at radius 2 is 1.71 bits per heavy atom. The maximum atomic E-state index is 12.8. The Balaban J connectivity index is 1.52. The number of nitrogens with zero attached hydrogens (tertiary/aromatic N) is 2. The third-order valence-electron chi connectivity index (χ3n) is 5.12. The summed E-state index contributed by atoms with van der Waals surface area (Å²) in [7, 11) is 1.55. The average Bonchev–Trinajstić information content (AvgIpc) is 3.29. The molecule has 2 aliphatic rings. The molecule has 1 saturated heterocycles. The highest BCUT2D eigenvalue weighted by atomic mass is 79.9. The Hall–Kier alpha value is -2.38. The van der Waals surface area contributed by atoms with E-state index in [1.165, 1.54) is 17.7 Å². The lowest BCUT2D eigenvalue weighted by atomic mass is 10.1. The molecule has 0 radical (unpaired) electrons. The lowest BCUT2D eigenvalue weighted by Crippen LogP contribution is -2.29. The van der Waals surface area contributed by atoms with Crippen LogP contribution in [0, 0.1) is 0 Å². The number of hydrogen-bond donors (Lipinski definition) is 0. The topological polar surface area (TPSA) is 59.1 Å². The maximum absolute atomic E-state index is 12.8. The SMILES string of the molecule is COc1cc(N2C(=O)c3ccc(Br)cc3C2=O)ccc1OCCN1CCCC1. The molecule has 6 nitrogen and oxygen atoms in total. The summed E-state index contributed by atoms with van der Waals surface area (Å²) in [6.07, 6.45) is 2.49. The minimum atomic E-state index is -0.342. The minimum absolute atomic E-state index is 0.336. The third-order valence-corrected chi connectivity index (χ3v) is 5.61. The Labute approximate surface area is 172 Å². The summed E-state index contributed by atoms with van der Waals surface area (Å²) >= 11 is 3.35. The molecule has 2 heterocycles. The highest BCUT2D eigenvalue weighted by molar-refractivity contribution is 9.10. The van der Waals surface area contributed by atoms with Crippen molar-refractivity contribution in [2.45, 2.75) is 12.8 Å². The molecule has 4 rings (SSSR count). The van der Waals surface area contributed by atoms with Crippen LogP contribution < -0.4 is 14.4 Å². The molecule has 28 heavy (non-hydrogen) atoms. The molecular formula is C21H21BrN2O4. The largest absolute Gasteiger partial charge is 0.493 e. The van der Waals surface area contributed by atoms with Gasteiger partial charge in [-0.2, -0.15) is 0 Å². The van der Waals surface area contributed by atoms with Crippen molar-refractivity contribution in [1.29, 1.82) is 0 Å². The van der Waals surface area contributed by atoms with Crippen LogP contribution in [0.3, 0.4) is 0 Å². The van der Waals surface area contributed by atoms with Gasteiger partial charge in [0, 0.05) is 17.1 Å². The summed E-state index contributed by atoms with van der Waals surface area (Å²) in [6, 6.07) is 10.2. The van der Waals surface area contributed by atoms with Crippen LogP contribution in [0.15, 0.2) is 40.9 Å². The molecule has 2 aromatic carbocycles. The van der Waals surface area contributed by atoms with Crippen LogP contribution in [0.4, 0.5) is 5.69 Å². The number of amides is 2. The number of hydrogen-bond acceptors (Lipinski definition) is 5. The Morgan fingerprint density at radius 1 is 0.964 bits per heavy atom. The second kappa shape index (κ2) is 7.93. The van der Waals surface area contributed by atoms with Crippen LogP contribution in [0.2, 0.25) is 0 Å². The van der Waals surface area contributed by atoms with Crippen molar-refractivity contribution < 1.29 is 19.1 Å². The lowest BCUT2D eigenvalue weighted by Gasteiger charge is -2.18. The van der Waals surface area contributed by atoms with Crippen LogP contribution in [0.25, 0.3) is 0 Å². The van der Waals surface area contributed by atoms with Crippen molar-refractivity contribution in [2.75, 3.05) is 38.3 Å². The second-order valence-electron chi connectivity index (χ2n) is 6.87. The van der Waals surface area contributed by atoms with Crippen LogP contribution >= 0.6 is 15.9 Å². The number of benzene rings is 2. The minimum Gasteiger partial charge on any atom is -0.493 e. The quantitative estimate of drug-likeness (QED) is 0.635. The Kier molecular flexibility index (Phi) is 5.37. The molecule has 0 atom stereocenters. The molecule has 146 valence electrons. The molecule has 0 saturated carbocycles. The van der Waals surface area contributed by atoms with Crippen LogP contribution in [-0.4, -0.2) is 50.1 Å². The van der Waals surface area contributed by atoms with E-state index < -0.39 is 0 Å². The molecule has 2 aromatic rings. The zero-order valence-corrected chi connectivity index (χ0v) is 17.2. The Bertz CT molecular complexity index is 925. The predicted octanol–water partition coefficient (Wildman–Crippen LogP) is 3.73. The number of methoxy groups -OCH3 is 1. The van der Waals surface area contributed by atoms with E-state index in [4.69, 9.17) is 9.47 Å². The molecule has 0 bridgehead atoms. The first kappa shape index (κ1) is 19.0. The van der Waals surface area contributed by atoms with E-state index in [2.05, 4.69) is 20.8 Å². The number of carbonyl (C=O) groups is 2. The van der Waals surface area contributed by atoms with Gasteiger partial charge < -0.3 is 9.47 Å². The third kappa shape index (κ3) is 3.52. The van der Waals surface area contributed by atoms with E-state index >= 15 is 0 Å².